The molecule has 0 aromatic carbocycles. The van der Waals surface area contributed by atoms with Crippen molar-refractivity contribution >= 4 is 29.3 Å². The summed E-state index contributed by atoms with van der Waals surface area (Å²) in [5.41, 5.74) is 0.555. The first kappa shape index (κ1) is 11.9. The maximum absolute atomic E-state index is 10.8. The van der Waals surface area contributed by atoms with Crippen molar-refractivity contribution in [2.75, 3.05) is 0 Å². The minimum absolute atomic E-state index is 0.114. The molecule has 2 rings (SSSR count). The van der Waals surface area contributed by atoms with Crippen molar-refractivity contribution in [3.05, 3.63) is 23.3 Å². The average Bonchev–Trinajstić information content (AvgIpc) is 2.63. The lowest BCUT2D eigenvalue weighted by Gasteiger charge is -2.00. The van der Waals surface area contributed by atoms with E-state index in [4.69, 9.17) is 5.11 Å². The molecule has 2 aromatic rings. The van der Waals surface area contributed by atoms with Crippen molar-refractivity contribution in [1.82, 2.24) is 19.3 Å². The highest BCUT2D eigenvalue weighted by Crippen LogP contribution is 2.26. The smallest absolute Gasteiger partial charge is 0.339 e. The number of carboxylic acids is 1. The molecule has 0 fully saturated rings. The zero-order valence-electron chi connectivity index (χ0n) is 9.04. The number of aromatic nitrogens is 4. The number of carboxylic acid groups (broad SMARTS) is 1. The van der Waals surface area contributed by atoms with E-state index in [9.17, 15) is 4.79 Å². The Morgan fingerprint density at radius 2 is 2.18 bits per heavy atom. The van der Waals surface area contributed by atoms with Gasteiger partial charge in [0.2, 0.25) is 0 Å². The molecule has 0 aliphatic rings. The van der Waals surface area contributed by atoms with Crippen LogP contribution in [0.25, 0.3) is 0 Å². The highest BCUT2D eigenvalue weighted by atomic mass is 32.2. The first-order valence-corrected chi connectivity index (χ1v) is 6.20. The molecular formula is C9H8N4O2S2. The Morgan fingerprint density at radius 1 is 1.41 bits per heavy atom. The predicted molar refractivity (Wildman–Crippen MR) is 62.5 cm³/mol. The van der Waals surface area contributed by atoms with Gasteiger partial charge < -0.3 is 5.11 Å². The largest absolute Gasteiger partial charge is 0.478 e. The van der Waals surface area contributed by atoms with Crippen LogP contribution in [0.5, 0.6) is 0 Å². The molecule has 2 heterocycles. The molecule has 0 aliphatic carbocycles. The summed E-state index contributed by atoms with van der Waals surface area (Å²) in [5, 5.41) is 9.32. The Balaban J connectivity index is 2.23. The number of aryl methyl sites for hydroxylation is 2. The number of hydrogen-bond donors (Lipinski definition) is 1. The van der Waals surface area contributed by atoms with Gasteiger partial charge in [0.1, 0.15) is 5.82 Å². The normalized spacial score (nSPS) is 10.5. The van der Waals surface area contributed by atoms with Gasteiger partial charge in [-0.05, 0) is 37.1 Å². The predicted octanol–water partition coefficient (Wildman–Crippen LogP) is 1.79. The summed E-state index contributed by atoms with van der Waals surface area (Å²) in [7, 11) is 0. The summed E-state index contributed by atoms with van der Waals surface area (Å²) < 4.78 is 4.78. The molecule has 0 spiro atoms. The molecule has 0 saturated heterocycles. The van der Waals surface area contributed by atoms with E-state index in [0.717, 1.165) is 4.34 Å². The molecule has 88 valence electrons. The highest BCUT2D eigenvalue weighted by molar-refractivity contribution is 8.00. The fourth-order valence-electron chi connectivity index (χ4n) is 1.10. The summed E-state index contributed by atoms with van der Waals surface area (Å²) in [6.07, 6.45) is 1.31. The van der Waals surface area contributed by atoms with Gasteiger partial charge in [0.15, 0.2) is 9.50 Å². The van der Waals surface area contributed by atoms with E-state index in [2.05, 4.69) is 19.3 Å². The summed E-state index contributed by atoms with van der Waals surface area (Å²) in [5.74, 6) is -0.317. The molecule has 0 radical (unpaired) electrons. The molecule has 6 nitrogen and oxygen atoms in total. The van der Waals surface area contributed by atoms with E-state index in [1.54, 1.807) is 13.8 Å². The van der Waals surface area contributed by atoms with Gasteiger partial charge >= 0.3 is 5.97 Å². The third kappa shape index (κ3) is 2.77. The van der Waals surface area contributed by atoms with E-state index < -0.39 is 5.97 Å². The van der Waals surface area contributed by atoms with Crippen molar-refractivity contribution in [2.45, 2.75) is 23.3 Å². The SMILES string of the molecule is Cc1nsc(Sc2ncc(C(=O)O)c(C)n2)n1. The van der Waals surface area contributed by atoms with Crippen LogP contribution in [0.1, 0.15) is 21.9 Å². The maximum Gasteiger partial charge on any atom is 0.339 e. The van der Waals surface area contributed by atoms with E-state index in [0.29, 0.717) is 16.7 Å². The van der Waals surface area contributed by atoms with Crippen LogP contribution < -0.4 is 0 Å². The lowest BCUT2D eigenvalue weighted by atomic mass is 10.2. The summed E-state index contributed by atoms with van der Waals surface area (Å²) in [4.78, 5) is 23.0. The standard InChI is InChI=1S/C9H8N4O2S2/c1-4-6(7(14)15)3-10-8(11-4)16-9-12-5(2)13-17-9/h3H,1-2H3,(H,14,15). The monoisotopic (exact) mass is 268 g/mol. The zero-order chi connectivity index (χ0) is 12.4. The topological polar surface area (TPSA) is 88.9 Å². The quantitative estimate of drug-likeness (QED) is 0.849. The number of nitrogens with zero attached hydrogens (tertiary/aromatic N) is 4. The Morgan fingerprint density at radius 3 is 2.71 bits per heavy atom. The van der Waals surface area contributed by atoms with Crippen LogP contribution in [0.4, 0.5) is 0 Å². The second-order valence-corrected chi connectivity index (χ2v) is 5.13. The van der Waals surface area contributed by atoms with Gasteiger partial charge in [0, 0.05) is 6.20 Å². The summed E-state index contributed by atoms with van der Waals surface area (Å²) >= 11 is 2.54. The first-order chi connectivity index (χ1) is 8.06. The molecule has 17 heavy (non-hydrogen) atoms. The van der Waals surface area contributed by atoms with Crippen LogP contribution in [0.15, 0.2) is 15.7 Å². The third-order valence-corrected chi connectivity index (χ3v) is 3.60. The second kappa shape index (κ2) is 4.76. The fourth-order valence-corrected chi connectivity index (χ4v) is 2.63. The molecule has 0 unspecified atom stereocenters. The van der Waals surface area contributed by atoms with Crippen LogP contribution in [-0.2, 0) is 0 Å². The van der Waals surface area contributed by atoms with Gasteiger partial charge in [-0.2, -0.15) is 4.37 Å². The van der Waals surface area contributed by atoms with Crippen molar-refractivity contribution < 1.29 is 9.90 Å². The molecule has 1 N–H and O–H groups in total. The van der Waals surface area contributed by atoms with Gasteiger partial charge in [-0.25, -0.2) is 19.7 Å². The van der Waals surface area contributed by atoms with Crippen LogP contribution in [-0.4, -0.2) is 30.4 Å². The van der Waals surface area contributed by atoms with Gasteiger partial charge in [-0.1, -0.05) is 0 Å². The maximum atomic E-state index is 10.8. The zero-order valence-corrected chi connectivity index (χ0v) is 10.7. The molecule has 8 heteroatoms. The van der Waals surface area contributed by atoms with Crippen LogP contribution in [0.2, 0.25) is 0 Å². The molecule has 0 saturated carbocycles. The van der Waals surface area contributed by atoms with Crippen molar-refractivity contribution in [1.29, 1.82) is 0 Å². The minimum atomic E-state index is -1.02. The summed E-state index contributed by atoms with van der Waals surface area (Å²) in [6, 6.07) is 0. The lowest BCUT2D eigenvalue weighted by molar-refractivity contribution is 0.0695. The lowest BCUT2D eigenvalue weighted by Crippen LogP contribution is -2.03. The Bertz CT molecular complexity index is 570. The first-order valence-electron chi connectivity index (χ1n) is 4.61. The van der Waals surface area contributed by atoms with Gasteiger partial charge in [-0.3, -0.25) is 0 Å². The summed E-state index contributed by atoms with van der Waals surface area (Å²) in [6.45, 7) is 3.45. The average molecular weight is 268 g/mol. The van der Waals surface area contributed by atoms with Crippen LogP contribution in [0.3, 0.4) is 0 Å². The number of hydrogen-bond acceptors (Lipinski definition) is 7. The molecule has 2 aromatic heterocycles. The number of rotatable bonds is 3. The molecule has 0 bridgehead atoms. The Hall–Kier alpha value is -1.54. The van der Waals surface area contributed by atoms with E-state index in [1.165, 1.54) is 29.5 Å². The molecule has 0 aliphatic heterocycles. The van der Waals surface area contributed by atoms with E-state index in [1.807, 2.05) is 0 Å². The molecule has 0 atom stereocenters. The molecule has 0 amide bonds. The van der Waals surface area contributed by atoms with Gasteiger partial charge in [0.05, 0.1) is 11.3 Å². The second-order valence-electron chi connectivity index (χ2n) is 3.17. The highest BCUT2D eigenvalue weighted by Gasteiger charge is 2.11. The minimum Gasteiger partial charge on any atom is -0.478 e. The van der Waals surface area contributed by atoms with Crippen molar-refractivity contribution in [3.63, 3.8) is 0 Å². The third-order valence-electron chi connectivity index (χ3n) is 1.88. The van der Waals surface area contributed by atoms with Crippen LogP contribution >= 0.6 is 23.3 Å². The van der Waals surface area contributed by atoms with Gasteiger partial charge in [-0.15, -0.1) is 0 Å². The van der Waals surface area contributed by atoms with Crippen LogP contribution in [0, 0.1) is 13.8 Å². The van der Waals surface area contributed by atoms with E-state index >= 15 is 0 Å². The molecular weight excluding hydrogens is 260 g/mol. The van der Waals surface area contributed by atoms with E-state index in [-0.39, 0.29) is 5.56 Å². The van der Waals surface area contributed by atoms with Crippen molar-refractivity contribution in [2.24, 2.45) is 0 Å². The number of carbonyl (C=O) groups is 1. The Kier molecular flexibility index (Phi) is 3.34. The fraction of sp³-hybridized carbons (Fsp3) is 0.222. The number of aromatic carboxylic acids is 1. The Labute approximate surface area is 105 Å². The van der Waals surface area contributed by atoms with Crippen molar-refractivity contribution in [3.8, 4) is 0 Å². The van der Waals surface area contributed by atoms with Gasteiger partial charge in [0.25, 0.3) is 0 Å².